The summed E-state index contributed by atoms with van der Waals surface area (Å²) in [5.41, 5.74) is 0. The van der Waals surface area contributed by atoms with Gasteiger partial charge in [-0.25, -0.2) is 0 Å². The van der Waals surface area contributed by atoms with Gasteiger partial charge in [0.25, 0.3) is 0 Å². The quantitative estimate of drug-likeness (QED) is 0.769. The van der Waals surface area contributed by atoms with Crippen molar-refractivity contribution in [3.8, 4) is 0 Å². The molecular formula is C15H26N2O4. The van der Waals surface area contributed by atoms with Crippen molar-refractivity contribution < 1.29 is 19.5 Å². The van der Waals surface area contributed by atoms with Crippen LogP contribution >= 0.6 is 0 Å². The molecular weight excluding hydrogens is 272 g/mol. The molecule has 3 atom stereocenters. The van der Waals surface area contributed by atoms with Crippen LogP contribution in [0.4, 0.5) is 0 Å². The molecule has 120 valence electrons. The average molecular weight is 298 g/mol. The highest BCUT2D eigenvalue weighted by atomic mass is 16.4. The zero-order valence-corrected chi connectivity index (χ0v) is 13.3. The van der Waals surface area contributed by atoms with Crippen molar-refractivity contribution in [2.45, 2.75) is 46.1 Å². The van der Waals surface area contributed by atoms with E-state index in [4.69, 9.17) is 0 Å². The van der Waals surface area contributed by atoms with Crippen molar-refractivity contribution in [3.05, 3.63) is 0 Å². The number of nitrogens with one attached hydrogen (secondary N) is 1. The molecule has 1 fully saturated rings. The minimum absolute atomic E-state index is 0.0173. The number of likely N-dealkylation sites (N-methyl/N-ethyl adjacent to an activating group) is 1. The molecule has 0 aromatic rings. The van der Waals surface area contributed by atoms with Crippen LogP contribution in [0.25, 0.3) is 0 Å². The maximum absolute atomic E-state index is 12.4. The topological polar surface area (TPSA) is 86.7 Å². The van der Waals surface area contributed by atoms with E-state index in [0.717, 1.165) is 6.42 Å². The van der Waals surface area contributed by atoms with Crippen molar-refractivity contribution in [2.75, 3.05) is 13.6 Å². The Balaban J connectivity index is 2.67. The highest BCUT2D eigenvalue weighted by Crippen LogP contribution is 2.39. The molecule has 0 saturated heterocycles. The molecule has 1 rings (SSSR count). The summed E-state index contributed by atoms with van der Waals surface area (Å²) in [5, 5.41) is 12.0. The number of aliphatic carboxylic acids is 1. The van der Waals surface area contributed by atoms with Gasteiger partial charge < -0.3 is 15.3 Å². The summed E-state index contributed by atoms with van der Waals surface area (Å²) < 4.78 is 0. The van der Waals surface area contributed by atoms with E-state index in [0.29, 0.717) is 12.8 Å². The van der Waals surface area contributed by atoms with Gasteiger partial charge in [-0.2, -0.15) is 0 Å². The Bertz CT molecular complexity index is 408. The van der Waals surface area contributed by atoms with E-state index < -0.39 is 17.8 Å². The monoisotopic (exact) mass is 298 g/mol. The van der Waals surface area contributed by atoms with Gasteiger partial charge in [0.2, 0.25) is 11.8 Å². The Hall–Kier alpha value is -1.59. The van der Waals surface area contributed by atoms with E-state index in [2.05, 4.69) is 5.32 Å². The minimum atomic E-state index is -0.913. The second-order valence-corrected chi connectivity index (χ2v) is 6.21. The normalized spacial score (nSPS) is 24.9. The van der Waals surface area contributed by atoms with Gasteiger partial charge in [-0.05, 0) is 32.6 Å². The fraction of sp³-hybridized carbons (Fsp3) is 0.800. The molecule has 0 bridgehead atoms. The number of carbonyl (C=O) groups excluding carboxylic acids is 2. The van der Waals surface area contributed by atoms with E-state index in [1.165, 1.54) is 4.90 Å². The molecule has 6 nitrogen and oxygen atoms in total. The zero-order valence-electron chi connectivity index (χ0n) is 13.3. The first-order valence-electron chi connectivity index (χ1n) is 7.53. The second-order valence-electron chi connectivity index (χ2n) is 6.21. The predicted octanol–water partition coefficient (Wildman–Crippen LogP) is 1.11. The van der Waals surface area contributed by atoms with Crippen LogP contribution in [0, 0.1) is 17.8 Å². The molecule has 6 heteroatoms. The van der Waals surface area contributed by atoms with Gasteiger partial charge in [-0.3, -0.25) is 14.4 Å². The Kier molecular flexibility index (Phi) is 6.18. The first kappa shape index (κ1) is 17.5. The van der Waals surface area contributed by atoms with Gasteiger partial charge >= 0.3 is 5.97 Å². The van der Waals surface area contributed by atoms with E-state index in [9.17, 15) is 19.5 Å². The average Bonchev–Trinajstić information content (AvgIpc) is 2.80. The van der Waals surface area contributed by atoms with E-state index in [1.54, 1.807) is 7.05 Å². The van der Waals surface area contributed by atoms with Crippen molar-refractivity contribution in [1.29, 1.82) is 0 Å². The molecule has 3 unspecified atom stereocenters. The van der Waals surface area contributed by atoms with Crippen LogP contribution in [0.5, 0.6) is 0 Å². The maximum Gasteiger partial charge on any atom is 0.307 e. The van der Waals surface area contributed by atoms with Crippen molar-refractivity contribution >= 4 is 17.8 Å². The van der Waals surface area contributed by atoms with Gasteiger partial charge in [0, 0.05) is 13.1 Å². The summed E-state index contributed by atoms with van der Waals surface area (Å²) in [5.74, 6) is -2.24. The molecule has 0 aliphatic heterocycles. The van der Waals surface area contributed by atoms with Crippen molar-refractivity contribution in [1.82, 2.24) is 10.2 Å². The van der Waals surface area contributed by atoms with Gasteiger partial charge in [0.05, 0.1) is 18.4 Å². The van der Waals surface area contributed by atoms with Gasteiger partial charge in [-0.1, -0.05) is 13.3 Å². The third-order valence-corrected chi connectivity index (χ3v) is 4.08. The lowest BCUT2D eigenvalue weighted by molar-refractivity contribution is -0.149. The van der Waals surface area contributed by atoms with Gasteiger partial charge in [0.1, 0.15) is 0 Å². The lowest BCUT2D eigenvalue weighted by Gasteiger charge is -2.23. The van der Waals surface area contributed by atoms with Gasteiger partial charge in [-0.15, -0.1) is 0 Å². The van der Waals surface area contributed by atoms with Crippen LogP contribution in [0.15, 0.2) is 0 Å². The van der Waals surface area contributed by atoms with Crippen LogP contribution < -0.4 is 5.32 Å². The Morgan fingerprint density at radius 1 is 1.24 bits per heavy atom. The lowest BCUT2D eigenvalue weighted by Crippen LogP contribution is -2.44. The van der Waals surface area contributed by atoms with Crippen molar-refractivity contribution in [3.63, 3.8) is 0 Å². The summed E-state index contributed by atoms with van der Waals surface area (Å²) >= 11 is 0. The number of carbonyl (C=O) groups is 3. The van der Waals surface area contributed by atoms with E-state index >= 15 is 0 Å². The third-order valence-electron chi connectivity index (χ3n) is 4.08. The number of carboxylic acids is 1. The molecule has 0 spiro atoms. The predicted molar refractivity (Wildman–Crippen MR) is 78.5 cm³/mol. The van der Waals surface area contributed by atoms with Gasteiger partial charge in [0.15, 0.2) is 0 Å². The summed E-state index contributed by atoms with van der Waals surface area (Å²) in [6.45, 7) is 5.68. The number of rotatable bonds is 6. The van der Waals surface area contributed by atoms with E-state index in [-0.39, 0.29) is 30.3 Å². The molecule has 2 N–H and O–H groups in total. The highest BCUT2D eigenvalue weighted by Gasteiger charge is 2.43. The minimum Gasteiger partial charge on any atom is -0.481 e. The largest absolute Gasteiger partial charge is 0.481 e. The lowest BCUT2D eigenvalue weighted by atomic mass is 9.95. The maximum atomic E-state index is 12.4. The van der Waals surface area contributed by atoms with E-state index in [1.807, 2.05) is 20.8 Å². The van der Waals surface area contributed by atoms with Crippen LogP contribution in [0.1, 0.15) is 40.0 Å². The number of nitrogens with zero attached hydrogens (tertiary/aromatic N) is 1. The first-order chi connectivity index (χ1) is 9.76. The molecule has 2 amide bonds. The molecule has 1 aliphatic carbocycles. The summed E-state index contributed by atoms with van der Waals surface area (Å²) in [7, 11) is 1.56. The fourth-order valence-corrected chi connectivity index (χ4v) is 2.97. The third kappa shape index (κ3) is 4.72. The first-order valence-corrected chi connectivity index (χ1v) is 7.53. The number of hydrogen-bond donors (Lipinski definition) is 2. The standard InChI is InChI=1S/C15H26N2O4/c1-5-10-6-11(12(7-10)15(20)21)14(19)17(4)8-13(18)16-9(2)3/h9-12H,5-8H2,1-4H3,(H,16,18)(H,20,21). The molecule has 21 heavy (non-hydrogen) atoms. The van der Waals surface area contributed by atoms with Crippen LogP contribution in [0.2, 0.25) is 0 Å². The molecule has 0 heterocycles. The Labute approximate surface area is 125 Å². The zero-order chi connectivity index (χ0) is 16.2. The van der Waals surface area contributed by atoms with Crippen LogP contribution in [0.3, 0.4) is 0 Å². The molecule has 1 aliphatic rings. The number of carboxylic acid groups (broad SMARTS) is 1. The summed E-state index contributed by atoms with van der Waals surface area (Å²) in [6.07, 6.45) is 2.03. The van der Waals surface area contributed by atoms with Crippen LogP contribution in [-0.2, 0) is 14.4 Å². The molecule has 0 aromatic heterocycles. The highest BCUT2D eigenvalue weighted by molar-refractivity contribution is 5.88. The van der Waals surface area contributed by atoms with Crippen LogP contribution in [-0.4, -0.2) is 47.4 Å². The second kappa shape index (κ2) is 7.43. The molecule has 1 saturated carbocycles. The number of hydrogen-bond acceptors (Lipinski definition) is 3. The number of amides is 2. The Morgan fingerprint density at radius 3 is 2.29 bits per heavy atom. The molecule has 0 radical (unpaired) electrons. The SMILES string of the molecule is CCC1CC(C(=O)O)C(C(=O)N(C)CC(=O)NC(C)C)C1. The summed E-state index contributed by atoms with van der Waals surface area (Å²) in [4.78, 5) is 36.8. The summed E-state index contributed by atoms with van der Waals surface area (Å²) in [6, 6.07) is 0.0173. The fourth-order valence-electron chi connectivity index (χ4n) is 2.97. The Morgan fingerprint density at radius 2 is 1.81 bits per heavy atom. The smallest absolute Gasteiger partial charge is 0.307 e. The van der Waals surface area contributed by atoms with Crippen molar-refractivity contribution in [2.24, 2.45) is 17.8 Å². The molecule has 0 aromatic carbocycles.